The highest BCUT2D eigenvalue weighted by Gasteiger charge is 2.47. The van der Waals surface area contributed by atoms with Crippen LogP contribution in [0.2, 0.25) is 0 Å². The van der Waals surface area contributed by atoms with Crippen molar-refractivity contribution in [1.82, 2.24) is 0 Å². The van der Waals surface area contributed by atoms with E-state index in [2.05, 4.69) is 0 Å². The SMILES string of the molecule is N[C@]12CCC[NH+]1OCC2. The zero-order chi connectivity index (χ0) is 6.32. The van der Waals surface area contributed by atoms with Gasteiger partial charge in [-0.3, -0.25) is 5.73 Å². The van der Waals surface area contributed by atoms with Crippen molar-refractivity contribution >= 4 is 0 Å². The highest BCUT2D eigenvalue weighted by atomic mass is 16.7. The quantitative estimate of drug-likeness (QED) is 0.425. The molecule has 3 N–H and O–H groups in total. The number of hydroxylamine groups is 2. The fourth-order valence-electron chi connectivity index (χ4n) is 1.79. The predicted octanol–water partition coefficient (Wildman–Crippen LogP) is -1.34. The molecule has 3 nitrogen and oxygen atoms in total. The number of hydrogen-bond acceptors (Lipinski definition) is 2. The summed E-state index contributed by atoms with van der Waals surface area (Å²) in [6.07, 6.45) is 3.41. The lowest BCUT2D eigenvalue weighted by Crippen LogP contribution is -3.16. The van der Waals surface area contributed by atoms with E-state index in [1.807, 2.05) is 0 Å². The molecule has 2 aliphatic rings. The standard InChI is InChI=1S/C6H12N2O/c7-6-2-1-4-8(6)9-5-3-6/h1-5,7H2/p+1/t6-/m1/s1. The van der Waals surface area contributed by atoms with Crippen molar-refractivity contribution in [2.24, 2.45) is 5.73 Å². The summed E-state index contributed by atoms with van der Waals surface area (Å²) in [6.45, 7) is 1.96. The summed E-state index contributed by atoms with van der Waals surface area (Å²) in [5.41, 5.74) is 6.00. The molecule has 2 rings (SSSR count). The minimum absolute atomic E-state index is 0. The van der Waals surface area contributed by atoms with E-state index in [1.54, 1.807) is 0 Å². The number of fused-ring (bicyclic) bond motifs is 1. The summed E-state index contributed by atoms with van der Waals surface area (Å²) in [5.74, 6) is 0. The Morgan fingerprint density at radius 2 is 2.33 bits per heavy atom. The number of quaternary nitrogens is 1. The Morgan fingerprint density at radius 3 is 3.11 bits per heavy atom. The third-order valence-corrected chi connectivity index (χ3v) is 2.41. The normalized spacial score (nSPS) is 49.7. The van der Waals surface area contributed by atoms with E-state index >= 15 is 0 Å². The van der Waals surface area contributed by atoms with Gasteiger partial charge in [-0.15, -0.1) is 0 Å². The molecule has 0 saturated carbocycles. The first-order valence-electron chi connectivity index (χ1n) is 3.59. The van der Waals surface area contributed by atoms with E-state index < -0.39 is 0 Å². The van der Waals surface area contributed by atoms with Crippen LogP contribution in [0.25, 0.3) is 0 Å². The highest BCUT2D eigenvalue weighted by molar-refractivity contribution is 4.76. The summed E-state index contributed by atoms with van der Waals surface area (Å²) >= 11 is 0. The Morgan fingerprint density at radius 1 is 1.44 bits per heavy atom. The maximum atomic E-state index is 6.00. The van der Waals surface area contributed by atoms with Crippen LogP contribution >= 0.6 is 0 Å². The van der Waals surface area contributed by atoms with E-state index in [0.717, 1.165) is 26.0 Å². The molecule has 2 atom stereocenters. The van der Waals surface area contributed by atoms with Gasteiger partial charge in [0, 0.05) is 19.3 Å². The van der Waals surface area contributed by atoms with Gasteiger partial charge in [0.25, 0.3) is 0 Å². The van der Waals surface area contributed by atoms with Crippen LogP contribution in [0.4, 0.5) is 0 Å². The zero-order valence-electron chi connectivity index (χ0n) is 5.52. The van der Waals surface area contributed by atoms with Crippen LogP contribution in [0.5, 0.6) is 0 Å². The highest BCUT2D eigenvalue weighted by Crippen LogP contribution is 2.15. The minimum atomic E-state index is 0. The maximum absolute atomic E-state index is 6.00. The first-order chi connectivity index (χ1) is 4.31. The molecule has 0 spiro atoms. The van der Waals surface area contributed by atoms with Gasteiger partial charge in [0.2, 0.25) is 0 Å². The number of nitrogens with two attached hydrogens (primary N) is 1. The van der Waals surface area contributed by atoms with Crippen molar-refractivity contribution in [3.8, 4) is 0 Å². The Balaban J connectivity index is 2.17. The molecular weight excluding hydrogens is 116 g/mol. The number of hydrogen-bond donors (Lipinski definition) is 2. The summed E-state index contributed by atoms with van der Waals surface area (Å²) in [4.78, 5) is 5.37. The molecule has 2 saturated heterocycles. The first-order valence-corrected chi connectivity index (χ1v) is 3.59. The molecule has 2 aliphatic heterocycles. The molecule has 0 aliphatic carbocycles. The van der Waals surface area contributed by atoms with E-state index in [9.17, 15) is 0 Å². The lowest BCUT2D eigenvalue weighted by atomic mass is 10.1. The predicted molar refractivity (Wildman–Crippen MR) is 32.6 cm³/mol. The van der Waals surface area contributed by atoms with Crippen LogP contribution in [-0.4, -0.2) is 18.8 Å². The van der Waals surface area contributed by atoms with Gasteiger partial charge in [-0.25, -0.2) is 4.84 Å². The fraction of sp³-hybridized carbons (Fsp3) is 1.00. The monoisotopic (exact) mass is 129 g/mol. The van der Waals surface area contributed by atoms with Crippen LogP contribution in [0.3, 0.4) is 0 Å². The smallest absolute Gasteiger partial charge is 0.181 e. The van der Waals surface area contributed by atoms with E-state index in [4.69, 9.17) is 10.6 Å². The van der Waals surface area contributed by atoms with E-state index in [1.165, 1.54) is 11.5 Å². The molecule has 1 unspecified atom stereocenters. The molecular formula is C6H13N2O+. The molecule has 2 fully saturated rings. The molecule has 0 aromatic carbocycles. The topological polar surface area (TPSA) is 39.7 Å². The van der Waals surface area contributed by atoms with Crippen molar-refractivity contribution < 1.29 is 9.90 Å². The van der Waals surface area contributed by atoms with Crippen LogP contribution in [0.1, 0.15) is 19.3 Å². The lowest BCUT2D eigenvalue weighted by molar-refractivity contribution is -1.10. The van der Waals surface area contributed by atoms with Crippen LogP contribution < -0.4 is 10.8 Å². The zero-order valence-corrected chi connectivity index (χ0v) is 5.52. The van der Waals surface area contributed by atoms with Gasteiger partial charge in [-0.2, -0.15) is 5.06 Å². The van der Waals surface area contributed by atoms with Gasteiger partial charge in [-0.1, -0.05) is 0 Å². The van der Waals surface area contributed by atoms with Crippen molar-refractivity contribution in [2.75, 3.05) is 13.2 Å². The third-order valence-electron chi connectivity index (χ3n) is 2.41. The van der Waals surface area contributed by atoms with Gasteiger partial charge in [0.15, 0.2) is 5.66 Å². The molecule has 3 heteroatoms. The Bertz CT molecular complexity index is 116. The average molecular weight is 129 g/mol. The van der Waals surface area contributed by atoms with Crippen molar-refractivity contribution in [3.05, 3.63) is 0 Å². The van der Waals surface area contributed by atoms with Crippen LogP contribution in [0, 0.1) is 0 Å². The Hall–Kier alpha value is -0.120. The van der Waals surface area contributed by atoms with Crippen LogP contribution in [0.15, 0.2) is 0 Å². The summed E-state index contributed by atoms with van der Waals surface area (Å²) in [6, 6.07) is 0. The summed E-state index contributed by atoms with van der Waals surface area (Å²) in [7, 11) is 0. The van der Waals surface area contributed by atoms with Gasteiger partial charge < -0.3 is 0 Å². The van der Waals surface area contributed by atoms with E-state index in [-0.39, 0.29) is 5.66 Å². The summed E-state index contributed by atoms with van der Waals surface area (Å²) < 4.78 is 0. The third kappa shape index (κ3) is 0.689. The van der Waals surface area contributed by atoms with Gasteiger partial charge in [0.1, 0.15) is 13.2 Å². The largest absolute Gasteiger partial charge is 0.277 e. The average Bonchev–Trinajstić information content (AvgIpc) is 2.22. The molecule has 0 bridgehead atoms. The van der Waals surface area contributed by atoms with Crippen molar-refractivity contribution in [1.29, 1.82) is 0 Å². The maximum Gasteiger partial charge on any atom is 0.181 e. The summed E-state index contributed by atoms with van der Waals surface area (Å²) in [5, 5.41) is 1.17. The van der Waals surface area contributed by atoms with Crippen molar-refractivity contribution in [3.63, 3.8) is 0 Å². The lowest BCUT2D eigenvalue weighted by Gasteiger charge is -2.18. The van der Waals surface area contributed by atoms with E-state index in [0.29, 0.717) is 0 Å². The molecule has 0 radical (unpaired) electrons. The molecule has 2 heterocycles. The molecule has 0 amide bonds. The van der Waals surface area contributed by atoms with Gasteiger partial charge in [0.05, 0.1) is 0 Å². The van der Waals surface area contributed by atoms with Crippen LogP contribution in [-0.2, 0) is 4.84 Å². The van der Waals surface area contributed by atoms with Gasteiger partial charge >= 0.3 is 0 Å². The Labute approximate surface area is 54.7 Å². The Kier molecular flexibility index (Phi) is 1.06. The fourth-order valence-corrected chi connectivity index (χ4v) is 1.79. The number of rotatable bonds is 0. The molecule has 0 aromatic heterocycles. The molecule has 52 valence electrons. The molecule has 9 heavy (non-hydrogen) atoms. The first kappa shape index (κ1) is 5.65. The van der Waals surface area contributed by atoms with Crippen molar-refractivity contribution in [2.45, 2.75) is 24.9 Å². The second kappa shape index (κ2) is 1.68. The number of nitrogens with one attached hydrogen (secondary N) is 1. The second-order valence-electron chi connectivity index (χ2n) is 3.03. The molecule has 0 aromatic rings. The second-order valence-corrected chi connectivity index (χ2v) is 3.03. The minimum Gasteiger partial charge on any atom is -0.277 e. The van der Waals surface area contributed by atoms with Gasteiger partial charge in [-0.05, 0) is 0 Å².